The first-order valence-electron chi connectivity index (χ1n) is 5.39. The molecule has 18 heavy (non-hydrogen) atoms. The lowest BCUT2D eigenvalue weighted by Crippen LogP contribution is -2.52. The number of hydrogen-bond donors (Lipinski definition) is 3. The van der Waals surface area contributed by atoms with E-state index in [0.29, 0.717) is 0 Å². The van der Waals surface area contributed by atoms with E-state index >= 15 is 0 Å². The van der Waals surface area contributed by atoms with Crippen molar-refractivity contribution in [2.45, 2.75) is 18.9 Å². The summed E-state index contributed by atoms with van der Waals surface area (Å²) >= 11 is 0. The van der Waals surface area contributed by atoms with Gasteiger partial charge >= 0.3 is 0 Å². The number of carbonyl (C=O) groups is 3. The Hall–Kier alpha value is -2.44. The molecule has 0 aromatic carbocycles. The Morgan fingerprint density at radius 2 is 2.11 bits per heavy atom. The van der Waals surface area contributed by atoms with Crippen LogP contribution in [0.1, 0.15) is 23.2 Å². The minimum Gasteiger partial charge on any atom is -0.340 e. The Balaban J connectivity index is 2.06. The Morgan fingerprint density at radius 1 is 1.33 bits per heavy atom. The van der Waals surface area contributed by atoms with E-state index in [9.17, 15) is 19.2 Å². The number of piperidine rings is 1. The second-order valence-corrected chi connectivity index (χ2v) is 3.92. The van der Waals surface area contributed by atoms with Crippen molar-refractivity contribution in [3.63, 3.8) is 0 Å². The second-order valence-electron chi connectivity index (χ2n) is 3.92. The van der Waals surface area contributed by atoms with Gasteiger partial charge in [0.05, 0.1) is 0 Å². The number of pyridine rings is 1. The summed E-state index contributed by atoms with van der Waals surface area (Å²) in [5.41, 5.74) is -0.227. The lowest BCUT2D eigenvalue weighted by Gasteiger charge is -2.21. The van der Waals surface area contributed by atoms with Crippen LogP contribution in [0.5, 0.6) is 0 Å². The molecule has 7 nitrogen and oxygen atoms in total. The van der Waals surface area contributed by atoms with Crippen LogP contribution < -0.4 is 16.2 Å². The predicted octanol–water partition coefficient (Wildman–Crippen LogP) is -1.09. The van der Waals surface area contributed by atoms with Gasteiger partial charge < -0.3 is 10.3 Å². The Kier molecular flexibility index (Phi) is 3.22. The molecule has 0 spiro atoms. The minimum absolute atomic E-state index is 0.170. The van der Waals surface area contributed by atoms with Crippen LogP contribution >= 0.6 is 0 Å². The van der Waals surface area contributed by atoms with Crippen molar-refractivity contribution < 1.29 is 14.4 Å². The van der Waals surface area contributed by atoms with Crippen LogP contribution in [0.25, 0.3) is 0 Å². The SMILES string of the molecule is O=C1CCC(NC(=O)c2cc[nH]c(=O)c2)C(=O)N1. The van der Waals surface area contributed by atoms with Gasteiger partial charge in [-0.3, -0.25) is 24.5 Å². The zero-order valence-electron chi connectivity index (χ0n) is 9.36. The van der Waals surface area contributed by atoms with Gasteiger partial charge in [-0.15, -0.1) is 0 Å². The van der Waals surface area contributed by atoms with Crippen molar-refractivity contribution >= 4 is 17.7 Å². The average Bonchev–Trinajstić information content (AvgIpc) is 2.32. The smallest absolute Gasteiger partial charge is 0.252 e. The molecular formula is C11H11N3O4. The molecule has 0 saturated carbocycles. The number of aromatic nitrogens is 1. The summed E-state index contributed by atoms with van der Waals surface area (Å²) in [6.45, 7) is 0. The molecule has 0 bridgehead atoms. The maximum atomic E-state index is 11.8. The standard InChI is InChI=1S/C11H11N3O4/c15-8-2-1-7(11(18)14-8)13-10(17)6-3-4-12-9(16)5-6/h3-5,7H,1-2H2,(H,12,16)(H,13,17)(H,14,15,18). The number of aromatic amines is 1. The minimum atomic E-state index is -0.741. The van der Waals surface area contributed by atoms with Gasteiger partial charge in [0.1, 0.15) is 6.04 Å². The zero-order valence-corrected chi connectivity index (χ0v) is 9.36. The third-order valence-electron chi connectivity index (χ3n) is 2.58. The molecule has 1 aromatic heterocycles. The third kappa shape index (κ3) is 2.62. The van der Waals surface area contributed by atoms with E-state index in [4.69, 9.17) is 0 Å². The Bertz CT molecular complexity index is 563. The van der Waals surface area contributed by atoms with Crippen LogP contribution in [0.3, 0.4) is 0 Å². The van der Waals surface area contributed by atoms with Crippen LogP contribution in [0.4, 0.5) is 0 Å². The summed E-state index contributed by atoms with van der Waals surface area (Å²) in [6, 6.07) is 1.83. The zero-order chi connectivity index (χ0) is 13.1. The molecule has 1 unspecified atom stereocenters. The summed E-state index contributed by atoms with van der Waals surface area (Å²) < 4.78 is 0. The van der Waals surface area contributed by atoms with Gasteiger partial charge in [-0.25, -0.2) is 0 Å². The van der Waals surface area contributed by atoms with Crippen molar-refractivity contribution in [1.29, 1.82) is 0 Å². The van der Waals surface area contributed by atoms with E-state index in [1.165, 1.54) is 12.3 Å². The molecule has 2 rings (SSSR count). The van der Waals surface area contributed by atoms with Gasteiger partial charge in [0.25, 0.3) is 5.91 Å². The molecule has 7 heteroatoms. The summed E-state index contributed by atoms with van der Waals surface area (Å²) in [7, 11) is 0. The number of amides is 3. The fourth-order valence-electron chi connectivity index (χ4n) is 1.66. The number of carbonyl (C=O) groups excluding carboxylic acids is 3. The summed E-state index contributed by atoms with van der Waals surface area (Å²) in [5.74, 6) is -1.39. The Morgan fingerprint density at radius 3 is 2.78 bits per heavy atom. The van der Waals surface area contributed by atoms with Gasteiger partial charge in [-0.05, 0) is 12.5 Å². The molecule has 3 amide bonds. The fourth-order valence-corrected chi connectivity index (χ4v) is 1.66. The van der Waals surface area contributed by atoms with Crippen molar-refractivity contribution in [2.75, 3.05) is 0 Å². The van der Waals surface area contributed by atoms with E-state index in [2.05, 4.69) is 15.6 Å². The van der Waals surface area contributed by atoms with E-state index in [-0.39, 0.29) is 24.3 Å². The first-order chi connectivity index (χ1) is 8.56. The van der Waals surface area contributed by atoms with Crippen LogP contribution in [0.15, 0.2) is 23.1 Å². The monoisotopic (exact) mass is 249 g/mol. The highest BCUT2D eigenvalue weighted by atomic mass is 16.2. The second kappa shape index (κ2) is 4.82. The van der Waals surface area contributed by atoms with Gasteiger partial charge in [0, 0.05) is 24.2 Å². The van der Waals surface area contributed by atoms with Gasteiger partial charge in [-0.1, -0.05) is 0 Å². The topological polar surface area (TPSA) is 108 Å². The van der Waals surface area contributed by atoms with E-state index in [1.54, 1.807) is 0 Å². The summed E-state index contributed by atoms with van der Waals surface area (Å²) in [5, 5.41) is 4.61. The molecular weight excluding hydrogens is 238 g/mol. The number of hydrogen-bond acceptors (Lipinski definition) is 4. The predicted molar refractivity (Wildman–Crippen MR) is 60.7 cm³/mol. The van der Waals surface area contributed by atoms with Crippen molar-refractivity contribution in [3.05, 3.63) is 34.2 Å². The molecule has 0 radical (unpaired) electrons. The van der Waals surface area contributed by atoms with Crippen molar-refractivity contribution in [2.24, 2.45) is 0 Å². The van der Waals surface area contributed by atoms with Crippen LogP contribution in [0, 0.1) is 0 Å². The lowest BCUT2D eigenvalue weighted by molar-refractivity contribution is -0.134. The molecule has 94 valence electrons. The number of H-pyrrole nitrogens is 1. The molecule has 2 heterocycles. The van der Waals surface area contributed by atoms with Crippen LogP contribution in [0.2, 0.25) is 0 Å². The number of nitrogens with one attached hydrogen (secondary N) is 3. The molecule has 1 saturated heterocycles. The quantitative estimate of drug-likeness (QED) is 0.579. The largest absolute Gasteiger partial charge is 0.340 e. The van der Waals surface area contributed by atoms with E-state index in [1.807, 2.05) is 0 Å². The number of imide groups is 1. The van der Waals surface area contributed by atoms with Crippen LogP contribution in [-0.4, -0.2) is 28.7 Å². The van der Waals surface area contributed by atoms with Crippen molar-refractivity contribution in [1.82, 2.24) is 15.6 Å². The highest BCUT2D eigenvalue weighted by Gasteiger charge is 2.27. The van der Waals surface area contributed by atoms with E-state index in [0.717, 1.165) is 6.07 Å². The first kappa shape index (κ1) is 12.0. The highest BCUT2D eigenvalue weighted by Crippen LogP contribution is 2.05. The maximum absolute atomic E-state index is 11.8. The van der Waals surface area contributed by atoms with Crippen LogP contribution in [-0.2, 0) is 9.59 Å². The first-order valence-corrected chi connectivity index (χ1v) is 5.39. The van der Waals surface area contributed by atoms with Crippen molar-refractivity contribution in [3.8, 4) is 0 Å². The Labute approximate surface area is 102 Å². The molecule has 1 atom stereocenters. The molecule has 3 N–H and O–H groups in total. The highest BCUT2D eigenvalue weighted by molar-refractivity contribution is 6.03. The molecule has 1 aliphatic rings. The molecule has 1 fully saturated rings. The van der Waals surface area contributed by atoms with Gasteiger partial charge in [0.15, 0.2) is 0 Å². The lowest BCUT2D eigenvalue weighted by atomic mass is 10.1. The normalized spacial score (nSPS) is 19.2. The molecule has 1 aliphatic heterocycles. The van der Waals surface area contributed by atoms with Gasteiger partial charge in [-0.2, -0.15) is 0 Å². The average molecular weight is 249 g/mol. The van der Waals surface area contributed by atoms with E-state index < -0.39 is 23.4 Å². The molecule has 0 aliphatic carbocycles. The number of rotatable bonds is 2. The summed E-state index contributed by atoms with van der Waals surface area (Å²) in [4.78, 5) is 47.5. The third-order valence-corrected chi connectivity index (χ3v) is 2.58. The maximum Gasteiger partial charge on any atom is 0.252 e. The fraction of sp³-hybridized carbons (Fsp3) is 0.273. The van der Waals surface area contributed by atoms with Gasteiger partial charge in [0.2, 0.25) is 17.4 Å². The summed E-state index contributed by atoms with van der Waals surface area (Å²) in [6.07, 6.45) is 1.80. The molecule has 1 aromatic rings.